The highest BCUT2D eigenvalue weighted by atomic mass is 127. The number of methoxy groups -OCH3 is 1. The van der Waals surface area contributed by atoms with Crippen LogP contribution in [0.4, 0.5) is 0 Å². The number of hydrogen-bond donors (Lipinski definition) is 1. The number of nitrogens with two attached hydrogens (primary N) is 1. The summed E-state index contributed by atoms with van der Waals surface area (Å²) in [7, 11) is 3.66. The van der Waals surface area contributed by atoms with Crippen LogP contribution in [0.15, 0.2) is 23.2 Å². The SMILES string of the molecule is COc1ccc2c(c1)nc(CN=C(N)N1CCSCC1)n2C.I. The third kappa shape index (κ3) is 4.03. The van der Waals surface area contributed by atoms with Gasteiger partial charge in [0.2, 0.25) is 0 Å². The van der Waals surface area contributed by atoms with Crippen LogP contribution in [0.3, 0.4) is 0 Å². The monoisotopic (exact) mass is 447 g/mol. The maximum atomic E-state index is 6.10. The van der Waals surface area contributed by atoms with Crippen LogP contribution < -0.4 is 10.5 Å². The summed E-state index contributed by atoms with van der Waals surface area (Å²) in [4.78, 5) is 11.3. The van der Waals surface area contributed by atoms with Crippen LogP contribution in [0.2, 0.25) is 0 Å². The van der Waals surface area contributed by atoms with Gasteiger partial charge in [0.25, 0.3) is 0 Å². The van der Waals surface area contributed by atoms with Gasteiger partial charge >= 0.3 is 0 Å². The number of thioether (sulfide) groups is 1. The van der Waals surface area contributed by atoms with E-state index in [9.17, 15) is 0 Å². The summed E-state index contributed by atoms with van der Waals surface area (Å²) in [5, 5.41) is 0. The Morgan fingerprint density at radius 3 is 2.83 bits per heavy atom. The van der Waals surface area contributed by atoms with Gasteiger partial charge in [-0.1, -0.05) is 0 Å². The molecule has 1 saturated heterocycles. The smallest absolute Gasteiger partial charge is 0.191 e. The molecule has 1 aromatic carbocycles. The standard InChI is InChI=1S/C15H21N5OS.HI/c1-19-13-4-3-11(21-2)9-12(13)18-14(19)10-17-15(16)20-5-7-22-8-6-20;/h3-4,9H,5-8,10H2,1-2H3,(H2,16,17);1H. The fourth-order valence-electron chi connectivity index (χ4n) is 2.54. The number of imidazole rings is 1. The molecule has 1 aliphatic rings. The van der Waals surface area contributed by atoms with Crippen molar-refractivity contribution < 1.29 is 4.74 Å². The maximum absolute atomic E-state index is 6.10. The topological polar surface area (TPSA) is 68.7 Å². The molecule has 0 aliphatic carbocycles. The lowest BCUT2D eigenvalue weighted by molar-refractivity contribution is 0.415. The molecule has 0 spiro atoms. The zero-order chi connectivity index (χ0) is 15.5. The third-order valence-corrected chi connectivity index (χ3v) is 4.84. The van der Waals surface area contributed by atoms with Crippen molar-refractivity contribution in [3.05, 3.63) is 24.0 Å². The van der Waals surface area contributed by atoms with Crippen LogP contribution >= 0.6 is 35.7 Å². The third-order valence-electron chi connectivity index (χ3n) is 3.90. The summed E-state index contributed by atoms with van der Waals surface area (Å²) in [5.74, 6) is 4.55. The van der Waals surface area contributed by atoms with Gasteiger partial charge in [0.1, 0.15) is 18.1 Å². The van der Waals surface area contributed by atoms with Crippen LogP contribution in [0.5, 0.6) is 5.75 Å². The number of rotatable bonds is 3. The molecule has 23 heavy (non-hydrogen) atoms. The van der Waals surface area contributed by atoms with Gasteiger partial charge in [-0.05, 0) is 12.1 Å². The van der Waals surface area contributed by atoms with E-state index in [0.29, 0.717) is 12.5 Å². The number of aliphatic imine (C=N–C) groups is 1. The molecule has 1 fully saturated rings. The average Bonchev–Trinajstić information content (AvgIpc) is 2.89. The Bertz CT molecular complexity index is 696. The Kier molecular flexibility index (Phi) is 6.40. The first-order chi connectivity index (χ1) is 10.7. The molecule has 126 valence electrons. The fourth-order valence-corrected chi connectivity index (χ4v) is 3.45. The Morgan fingerprint density at radius 2 is 2.13 bits per heavy atom. The van der Waals surface area contributed by atoms with Crippen molar-refractivity contribution in [1.82, 2.24) is 14.5 Å². The van der Waals surface area contributed by atoms with Gasteiger partial charge in [-0.2, -0.15) is 11.8 Å². The number of guanidine groups is 1. The molecule has 6 nitrogen and oxygen atoms in total. The summed E-state index contributed by atoms with van der Waals surface area (Å²) in [6, 6.07) is 5.89. The highest BCUT2D eigenvalue weighted by Gasteiger charge is 2.13. The van der Waals surface area contributed by atoms with E-state index in [2.05, 4.69) is 19.4 Å². The minimum atomic E-state index is 0. The molecule has 0 unspecified atom stereocenters. The molecular weight excluding hydrogens is 425 g/mol. The number of aromatic nitrogens is 2. The summed E-state index contributed by atoms with van der Waals surface area (Å²) in [5.41, 5.74) is 8.08. The van der Waals surface area contributed by atoms with Crippen molar-refractivity contribution in [3.63, 3.8) is 0 Å². The number of hydrogen-bond acceptors (Lipinski definition) is 4. The van der Waals surface area contributed by atoms with Gasteiger partial charge in [0.15, 0.2) is 5.96 Å². The van der Waals surface area contributed by atoms with E-state index in [1.54, 1.807) is 7.11 Å². The van der Waals surface area contributed by atoms with Crippen molar-refractivity contribution >= 4 is 52.7 Å². The van der Waals surface area contributed by atoms with Crippen molar-refractivity contribution in [2.24, 2.45) is 17.8 Å². The van der Waals surface area contributed by atoms with Gasteiger partial charge in [-0.3, -0.25) is 0 Å². The van der Waals surface area contributed by atoms with Gasteiger partial charge in [-0.15, -0.1) is 24.0 Å². The van der Waals surface area contributed by atoms with E-state index in [4.69, 9.17) is 10.5 Å². The molecule has 2 aromatic rings. The van der Waals surface area contributed by atoms with Crippen LogP contribution in [-0.4, -0.2) is 52.1 Å². The Morgan fingerprint density at radius 1 is 1.39 bits per heavy atom. The molecule has 1 aromatic heterocycles. The maximum Gasteiger partial charge on any atom is 0.191 e. The zero-order valence-electron chi connectivity index (χ0n) is 13.4. The van der Waals surface area contributed by atoms with E-state index >= 15 is 0 Å². The fraction of sp³-hybridized carbons (Fsp3) is 0.467. The molecular formula is C15H22IN5OS. The molecule has 3 rings (SSSR count). The largest absolute Gasteiger partial charge is 0.497 e. The van der Waals surface area contributed by atoms with E-state index < -0.39 is 0 Å². The number of nitrogens with zero attached hydrogens (tertiary/aromatic N) is 4. The molecule has 0 radical (unpaired) electrons. The molecule has 0 amide bonds. The first-order valence-electron chi connectivity index (χ1n) is 7.31. The normalized spacial score (nSPS) is 15.6. The summed E-state index contributed by atoms with van der Waals surface area (Å²) in [6.07, 6.45) is 0. The van der Waals surface area contributed by atoms with Crippen LogP contribution in [-0.2, 0) is 13.6 Å². The van der Waals surface area contributed by atoms with E-state index in [-0.39, 0.29) is 24.0 Å². The molecule has 2 heterocycles. The summed E-state index contributed by atoms with van der Waals surface area (Å²) in [6.45, 7) is 2.43. The van der Waals surface area contributed by atoms with E-state index in [0.717, 1.165) is 47.2 Å². The molecule has 0 atom stereocenters. The quantitative estimate of drug-likeness (QED) is 0.443. The van der Waals surface area contributed by atoms with Gasteiger partial charge in [-0.25, -0.2) is 9.98 Å². The minimum absolute atomic E-state index is 0. The average molecular weight is 447 g/mol. The lowest BCUT2D eigenvalue weighted by Gasteiger charge is -2.27. The number of aryl methyl sites for hydroxylation is 1. The van der Waals surface area contributed by atoms with E-state index in [1.165, 1.54) is 0 Å². The predicted octanol–water partition coefficient (Wildman–Crippen LogP) is 2.06. The van der Waals surface area contributed by atoms with Crippen molar-refractivity contribution in [2.75, 3.05) is 31.7 Å². The van der Waals surface area contributed by atoms with Crippen LogP contribution in [0.1, 0.15) is 5.82 Å². The highest BCUT2D eigenvalue weighted by Crippen LogP contribution is 2.21. The summed E-state index contributed by atoms with van der Waals surface area (Å²) < 4.78 is 7.30. The summed E-state index contributed by atoms with van der Waals surface area (Å²) >= 11 is 1.96. The number of halogens is 1. The zero-order valence-corrected chi connectivity index (χ0v) is 16.5. The Labute approximate surface area is 157 Å². The first-order valence-corrected chi connectivity index (χ1v) is 8.46. The van der Waals surface area contributed by atoms with Crippen LogP contribution in [0.25, 0.3) is 11.0 Å². The second kappa shape index (κ2) is 8.09. The number of ether oxygens (including phenoxy) is 1. The lowest BCUT2D eigenvalue weighted by atomic mass is 10.3. The van der Waals surface area contributed by atoms with Gasteiger partial charge in [0.05, 0.1) is 18.1 Å². The second-order valence-electron chi connectivity index (χ2n) is 5.22. The highest BCUT2D eigenvalue weighted by molar-refractivity contribution is 14.0. The number of benzene rings is 1. The lowest BCUT2D eigenvalue weighted by Crippen LogP contribution is -2.42. The number of fused-ring (bicyclic) bond motifs is 1. The van der Waals surface area contributed by atoms with E-state index in [1.807, 2.05) is 37.0 Å². The molecule has 1 aliphatic heterocycles. The molecule has 0 saturated carbocycles. The predicted molar refractivity (Wildman–Crippen MR) is 107 cm³/mol. The Hall–Kier alpha value is -1.16. The first kappa shape index (κ1) is 18.2. The molecule has 2 N–H and O–H groups in total. The van der Waals surface area contributed by atoms with Crippen molar-refractivity contribution in [2.45, 2.75) is 6.54 Å². The second-order valence-corrected chi connectivity index (χ2v) is 6.44. The molecule has 8 heteroatoms. The van der Waals surface area contributed by atoms with Crippen molar-refractivity contribution in [1.29, 1.82) is 0 Å². The van der Waals surface area contributed by atoms with Crippen LogP contribution in [0, 0.1) is 0 Å². The van der Waals surface area contributed by atoms with Gasteiger partial charge in [0, 0.05) is 37.7 Å². The minimum Gasteiger partial charge on any atom is -0.497 e. The van der Waals surface area contributed by atoms with Gasteiger partial charge < -0.3 is 19.9 Å². The Balaban J connectivity index is 0.00000192. The van der Waals surface area contributed by atoms with Crippen molar-refractivity contribution in [3.8, 4) is 5.75 Å². The molecule has 0 bridgehead atoms.